The van der Waals surface area contributed by atoms with Gasteiger partial charge in [0.15, 0.2) is 0 Å². The number of ether oxygens (including phenoxy) is 1. The van der Waals surface area contributed by atoms with E-state index in [-0.39, 0.29) is 22.8 Å². The Kier molecular flexibility index (Phi) is 3.88. The summed E-state index contributed by atoms with van der Waals surface area (Å²) in [6.45, 7) is 1.21. The molecular formula is C17H15NO6. The number of amides is 1. The number of rotatable bonds is 3. The second-order valence-corrected chi connectivity index (χ2v) is 5.27. The summed E-state index contributed by atoms with van der Waals surface area (Å²) in [5, 5.41) is 30.6. The van der Waals surface area contributed by atoms with Gasteiger partial charge in [-0.25, -0.2) is 10.3 Å². The molecule has 1 heterocycles. The monoisotopic (exact) mass is 329 g/mol. The van der Waals surface area contributed by atoms with Crippen molar-refractivity contribution in [3.63, 3.8) is 0 Å². The highest BCUT2D eigenvalue weighted by Crippen LogP contribution is 2.46. The van der Waals surface area contributed by atoms with E-state index in [2.05, 4.69) is 0 Å². The highest BCUT2D eigenvalue weighted by Gasteiger charge is 2.41. The van der Waals surface area contributed by atoms with Crippen LogP contribution in [0.3, 0.4) is 0 Å². The van der Waals surface area contributed by atoms with Crippen LogP contribution >= 0.6 is 0 Å². The molecule has 7 heteroatoms. The molecule has 4 N–H and O–H groups in total. The van der Waals surface area contributed by atoms with Crippen LogP contribution in [0.1, 0.15) is 18.1 Å². The molecule has 3 rings (SSSR count). The molecule has 2 aromatic carbocycles. The van der Waals surface area contributed by atoms with Gasteiger partial charge in [-0.2, -0.15) is 0 Å². The van der Waals surface area contributed by atoms with Crippen molar-refractivity contribution in [1.29, 1.82) is 0 Å². The summed E-state index contributed by atoms with van der Waals surface area (Å²) in [7, 11) is 0. The zero-order valence-electron chi connectivity index (χ0n) is 12.7. The maximum atomic E-state index is 11.1. The summed E-state index contributed by atoms with van der Waals surface area (Å²) in [6.07, 6.45) is 1.22. The molecule has 0 fully saturated rings. The molecule has 1 aliphatic heterocycles. The van der Waals surface area contributed by atoms with Crippen molar-refractivity contribution >= 4 is 11.7 Å². The molecule has 1 atom stereocenters. The summed E-state index contributed by atoms with van der Waals surface area (Å²) in [5.41, 5.74) is 2.55. The Bertz CT molecular complexity index is 817. The van der Waals surface area contributed by atoms with E-state index in [1.807, 2.05) is 11.5 Å². The number of carbonyl (C=O) groups is 1. The number of carbonyl (C=O) groups excluding carboxylic acids is 1. The number of aromatic hydroxyl groups is 2. The van der Waals surface area contributed by atoms with Gasteiger partial charge in [0.2, 0.25) is 11.7 Å². The van der Waals surface area contributed by atoms with Crippen molar-refractivity contribution in [2.24, 2.45) is 0 Å². The zero-order chi connectivity index (χ0) is 17.3. The predicted octanol–water partition coefficient (Wildman–Crippen LogP) is 1.74. The van der Waals surface area contributed by atoms with Crippen molar-refractivity contribution in [3.8, 4) is 17.2 Å². The average molecular weight is 329 g/mol. The van der Waals surface area contributed by atoms with Gasteiger partial charge in [0.05, 0.1) is 0 Å². The Balaban J connectivity index is 2.13. The first kappa shape index (κ1) is 15.9. The second kappa shape index (κ2) is 5.88. The summed E-state index contributed by atoms with van der Waals surface area (Å²) < 4.78 is 5.67. The lowest BCUT2D eigenvalue weighted by molar-refractivity contribution is -0.218. The van der Waals surface area contributed by atoms with Gasteiger partial charge >= 0.3 is 0 Å². The van der Waals surface area contributed by atoms with Crippen molar-refractivity contribution in [2.75, 3.05) is 0 Å². The fourth-order valence-electron chi connectivity index (χ4n) is 2.40. The second-order valence-electron chi connectivity index (χ2n) is 5.27. The van der Waals surface area contributed by atoms with Crippen LogP contribution in [0, 0.1) is 0 Å². The normalized spacial score (nSPS) is 19.0. The molecule has 0 aliphatic carbocycles. The number of hydrogen-bond donors (Lipinski definition) is 4. The van der Waals surface area contributed by atoms with Gasteiger partial charge in [-0.05, 0) is 0 Å². The first-order chi connectivity index (χ1) is 11.4. The number of aliphatic hydroxyl groups is 1. The molecule has 0 radical (unpaired) electrons. The van der Waals surface area contributed by atoms with Crippen LogP contribution in [0.25, 0.3) is 5.76 Å². The topological polar surface area (TPSA) is 108 Å². The smallest absolute Gasteiger partial charge is 0.248 e. The Labute approximate surface area is 137 Å². The van der Waals surface area contributed by atoms with Crippen LogP contribution in [0.2, 0.25) is 0 Å². The third-order valence-electron chi connectivity index (χ3n) is 3.38. The standard InChI is InChI=1S/C17H15NO6/c1-10(19)18-24-17(22)9-15(11-5-3-2-4-6-11)23-14-8-12(20)7-13(21)16(14)17/h2-9,20-22H,1H3,(H,18,19). The largest absolute Gasteiger partial charge is 0.508 e. The average Bonchev–Trinajstić information content (AvgIpc) is 2.53. The van der Waals surface area contributed by atoms with Crippen LogP contribution in [-0.4, -0.2) is 21.2 Å². The van der Waals surface area contributed by atoms with Crippen molar-refractivity contribution in [3.05, 3.63) is 59.7 Å². The molecule has 0 saturated carbocycles. The molecular weight excluding hydrogens is 314 g/mol. The SMILES string of the molecule is CC(=O)NOC1(O)C=C(c2ccccc2)Oc2cc(O)cc(O)c21. The molecule has 7 nitrogen and oxygen atoms in total. The van der Waals surface area contributed by atoms with Gasteiger partial charge < -0.3 is 20.1 Å². The maximum absolute atomic E-state index is 11.1. The fourth-order valence-corrected chi connectivity index (χ4v) is 2.40. The zero-order valence-corrected chi connectivity index (χ0v) is 12.7. The van der Waals surface area contributed by atoms with E-state index in [1.54, 1.807) is 24.3 Å². The number of nitrogens with one attached hydrogen (secondary N) is 1. The van der Waals surface area contributed by atoms with Gasteiger partial charge in [-0.1, -0.05) is 30.3 Å². The molecule has 124 valence electrons. The highest BCUT2D eigenvalue weighted by atomic mass is 16.7. The Morgan fingerprint density at radius 2 is 1.92 bits per heavy atom. The van der Waals surface area contributed by atoms with Gasteiger partial charge in [-0.3, -0.25) is 4.79 Å². The summed E-state index contributed by atoms with van der Waals surface area (Å²) >= 11 is 0. The minimum atomic E-state index is -2.18. The van der Waals surface area contributed by atoms with E-state index in [9.17, 15) is 20.1 Å². The van der Waals surface area contributed by atoms with Gasteiger partial charge in [0, 0.05) is 30.7 Å². The third kappa shape index (κ3) is 2.90. The number of phenols is 2. The van der Waals surface area contributed by atoms with Crippen LogP contribution in [-0.2, 0) is 15.4 Å². The van der Waals surface area contributed by atoms with E-state index < -0.39 is 17.4 Å². The molecule has 0 aromatic heterocycles. The van der Waals surface area contributed by atoms with E-state index in [4.69, 9.17) is 9.57 Å². The van der Waals surface area contributed by atoms with E-state index in [0.29, 0.717) is 5.56 Å². The van der Waals surface area contributed by atoms with Crippen molar-refractivity contribution in [1.82, 2.24) is 5.48 Å². The number of phenolic OH excluding ortho intramolecular Hbond substituents is 2. The van der Waals surface area contributed by atoms with Gasteiger partial charge in [-0.15, -0.1) is 0 Å². The number of fused-ring (bicyclic) bond motifs is 1. The van der Waals surface area contributed by atoms with E-state index in [0.717, 1.165) is 6.07 Å². The van der Waals surface area contributed by atoms with Gasteiger partial charge in [0.25, 0.3) is 0 Å². The molecule has 1 aliphatic rings. The van der Waals surface area contributed by atoms with Gasteiger partial charge in [0.1, 0.15) is 28.6 Å². The molecule has 0 spiro atoms. The van der Waals surface area contributed by atoms with Crippen LogP contribution in [0.4, 0.5) is 0 Å². The lowest BCUT2D eigenvalue weighted by atomic mass is 9.98. The lowest BCUT2D eigenvalue weighted by Crippen LogP contribution is -2.38. The Hall–Kier alpha value is -3.03. The molecule has 0 bridgehead atoms. The van der Waals surface area contributed by atoms with Crippen LogP contribution in [0.5, 0.6) is 17.2 Å². The fraction of sp³-hybridized carbons (Fsp3) is 0.118. The van der Waals surface area contributed by atoms with Crippen LogP contribution in [0.15, 0.2) is 48.5 Å². The van der Waals surface area contributed by atoms with Crippen LogP contribution < -0.4 is 10.2 Å². The molecule has 1 unspecified atom stereocenters. The lowest BCUT2D eigenvalue weighted by Gasteiger charge is -2.32. The first-order valence-corrected chi connectivity index (χ1v) is 7.08. The number of benzene rings is 2. The molecule has 24 heavy (non-hydrogen) atoms. The quantitative estimate of drug-likeness (QED) is 0.505. The summed E-state index contributed by atoms with van der Waals surface area (Å²) in [5.74, 6) is -3.17. The van der Waals surface area contributed by atoms with Crippen molar-refractivity contribution < 1.29 is 29.7 Å². The molecule has 0 saturated heterocycles. The molecule has 1 amide bonds. The minimum absolute atomic E-state index is 0.00158. The molecule has 2 aromatic rings. The Morgan fingerprint density at radius 1 is 1.21 bits per heavy atom. The predicted molar refractivity (Wildman–Crippen MR) is 83.6 cm³/mol. The number of hydroxylamine groups is 1. The van der Waals surface area contributed by atoms with E-state index in [1.165, 1.54) is 19.1 Å². The minimum Gasteiger partial charge on any atom is -0.508 e. The highest BCUT2D eigenvalue weighted by molar-refractivity contribution is 5.72. The third-order valence-corrected chi connectivity index (χ3v) is 3.38. The Morgan fingerprint density at radius 3 is 2.58 bits per heavy atom. The summed E-state index contributed by atoms with van der Waals surface area (Å²) in [4.78, 5) is 16.2. The first-order valence-electron chi connectivity index (χ1n) is 7.08. The number of hydrogen-bond acceptors (Lipinski definition) is 6. The van der Waals surface area contributed by atoms with E-state index >= 15 is 0 Å². The summed E-state index contributed by atoms with van der Waals surface area (Å²) in [6, 6.07) is 11.1. The maximum Gasteiger partial charge on any atom is 0.248 e. The van der Waals surface area contributed by atoms with Crippen molar-refractivity contribution in [2.45, 2.75) is 12.7 Å².